The van der Waals surface area contributed by atoms with Gasteiger partial charge in [0.25, 0.3) is 5.91 Å². The van der Waals surface area contributed by atoms with Crippen LogP contribution in [0.1, 0.15) is 25.5 Å². The van der Waals surface area contributed by atoms with Crippen LogP contribution in [0.4, 0.5) is 0 Å². The van der Waals surface area contributed by atoms with Gasteiger partial charge in [-0.15, -0.1) is 0 Å². The van der Waals surface area contributed by atoms with Crippen molar-refractivity contribution < 1.29 is 4.79 Å². The van der Waals surface area contributed by atoms with E-state index in [0.717, 1.165) is 10.0 Å². The van der Waals surface area contributed by atoms with Crippen molar-refractivity contribution in [2.45, 2.75) is 25.9 Å². The SMILES string of the molecule is CC(C)NC1=NC(c2ccc(Cl)c(Br)c2)C(=O)N1. The standard InChI is InChI=1S/C12H13BrClN3O/c1-6(2)15-12-16-10(11(18)17-12)7-3-4-9(14)8(13)5-7/h3-6,10H,1-2H3,(H2,15,16,17,18). The van der Waals surface area contributed by atoms with Crippen LogP contribution in [0.15, 0.2) is 27.7 Å². The van der Waals surface area contributed by atoms with Crippen molar-refractivity contribution in [1.82, 2.24) is 10.6 Å². The second-order valence-corrected chi connectivity index (χ2v) is 5.60. The van der Waals surface area contributed by atoms with E-state index in [2.05, 4.69) is 31.6 Å². The third-order valence-corrected chi connectivity index (χ3v) is 3.65. The highest BCUT2D eigenvalue weighted by molar-refractivity contribution is 9.10. The van der Waals surface area contributed by atoms with Crippen LogP contribution in [-0.2, 0) is 4.79 Å². The molecule has 1 aromatic rings. The van der Waals surface area contributed by atoms with Gasteiger partial charge < -0.3 is 5.32 Å². The Morgan fingerprint density at radius 1 is 1.50 bits per heavy atom. The Hall–Kier alpha value is -1.07. The zero-order valence-corrected chi connectivity index (χ0v) is 12.3. The molecule has 2 N–H and O–H groups in total. The van der Waals surface area contributed by atoms with Crippen LogP contribution in [0.25, 0.3) is 0 Å². The van der Waals surface area contributed by atoms with E-state index in [4.69, 9.17) is 11.6 Å². The number of amides is 1. The van der Waals surface area contributed by atoms with Crippen LogP contribution in [0.2, 0.25) is 5.02 Å². The molecule has 0 saturated carbocycles. The summed E-state index contributed by atoms with van der Waals surface area (Å²) in [6, 6.07) is 5.07. The molecule has 0 saturated heterocycles. The smallest absolute Gasteiger partial charge is 0.256 e. The molecule has 1 amide bonds. The van der Waals surface area contributed by atoms with Crippen LogP contribution >= 0.6 is 27.5 Å². The molecule has 2 rings (SSSR count). The Morgan fingerprint density at radius 2 is 2.22 bits per heavy atom. The number of hydrogen-bond acceptors (Lipinski definition) is 3. The summed E-state index contributed by atoms with van der Waals surface area (Å²) in [5.41, 5.74) is 0.810. The van der Waals surface area contributed by atoms with E-state index in [1.807, 2.05) is 19.9 Å². The van der Waals surface area contributed by atoms with Gasteiger partial charge in [0.15, 0.2) is 12.0 Å². The Balaban J connectivity index is 2.24. The minimum absolute atomic E-state index is 0.132. The van der Waals surface area contributed by atoms with Crippen molar-refractivity contribution >= 4 is 39.4 Å². The molecule has 4 nitrogen and oxygen atoms in total. The fourth-order valence-corrected chi connectivity index (χ4v) is 2.17. The molecule has 18 heavy (non-hydrogen) atoms. The Kier molecular flexibility index (Phi) is 3.92. The van der Waals surface area contributed by atoms with Crippen molar-refractivity contribution in [2.75, 3.05) is 0 Å². The molecule has 1 atom stereocenters. The van der Waals surface area contributed by atoms with Gasteiger partial charge in [-0.2, -0.15) is 0 Å². The molecule has 0 radical (unpaired) electrons. The summed E-state index contributed by atoms with van der Waals surface area (Å²) in [4.78, 5) is 16.2. The van der Waals surface area contributed by atoms with E-state index in [1.54, 1.807) is 12.1 Å². The van der Waals surface area contributed by atoms with Crippen LogP contribution in [0.5, 0.6) is 0 Å². The molecule has 1 unspecified atom stereocenters. The minimum atomic E-state index is -0.514. The van der Waals surface area contributed by atoms with Gasteiger partial charge in [-0.05, 0) is 47.5 Å². The molecule has 1 heterocycles. The van der Waals surface area contributed by atoms with Crippen LogP contribution in [0, 0.1) is 0 Å². The zero-order chi connectivity index (χ0) is 13.3. The molecular formula is C12H13BrClN3O. The first kappa shape index (κ1) is 13.4. The fraction of sp³-hybridized carbons (Fsp3) is 0.333. The molecule has 0 aromatic heterocycles. The number of benzene rings is 1. The summed E-state index contributed by atoms with van der Waals surface area (Å²) >= 11 is 9.27. The highest BCUT2D eigenvalue weighted by Gasteiger charge is 2.28. The van der Waals surface area contributed by atoms with Crippen LogP contribution in [0.3, 0.4) is 0 Å². The topological polar surface area (TPSA) is 53.5 Å². The quantitative estimate of drug-likeness (QED) is 0.876. The average molecular weight is 331 g/mol. The Labute approximate surface area is 119 Å². The van der Waals surface area contributed by atoms with Crippen molar-refractivity contribution in [2.24, 2.45) is 4.99 Å². The van der Waals surface area contributed by atoms with Gasteiger partial charge in [-0.3, -0.25) is 10.1 Å². The number of carbonyl (C=O) groups excluding carboxylic acids is 1. The second-order valence-electron chi connectivity index (χ2n) is 4.34. The molecule has 0 fully saturated rings. The molecule has 1 aromatic carbocycles. The lowest BCUT2D eigenvalue weighted by atomic mass is 10.1. The number of carbonyl (C=O) groups is 1. The van der Waals surface area contributed by atoms with E-state index < -0.39 is 6.04 Å². The van der Waals surface area contributed by atoms with Gasteiger partial charge in [-0.25, -0.2) is 4.99 Å². The summed E-state index contributed by atoms with van der Waals surface area (Å²) in [7, 11) is 0. The number of nitrogens with zero attached hydrogens (tertiary/aromatic N) is 1. The van der Waals surface area contributed by atoms with E-state index in [-0.39, 0.29) is 11.9 Å². The normalized spacial score (nSPS) is 18.8. The highest BCUT2D eigenvalue weighted by atomic mass is 79.9. The summed E-state index contributed by atoms with van der Waals surface area (Å²) < 4.78 is 0.759. The van der Waals surface area contributed by atoms with E-state index >= 15 is 0 Å². The molecule has 1 aliphatic heterocycles. The van der Waals surface area contributed by atoms with Crippen molar-refractivity contribution in [3.8, 4) is 0 Å². The molecule has 96 valence electrons. The lowest BCUT2D eigenvalue weighted by molar-refractivity contribution is -0.120. The molecular weight excluding hydrogens is 318 g/mol. The third-order valence-electron chi connectivity index (χ3n) is 2.43. The van der Waals surface area contributed by atoms with Crippen LogP contribution in [-0.4, -0.2) is 17.9 Å². The number of guanidine groups is 1. The maximum atomic E-state index is 11.8. The molecule has 1 aliphatic rings. The lowest BCUT2D eigenvalue weighted by Gasteiger charge is -2.07. The first-order chi connectivity index (χ1) is 8.47. The lowest BCUT2D eigenvalue weighted by Crippen LogP contribution is -2.40. The van der Waals surface area contributed by atoms with E-state index in [1.165, 1.54) is 0 Å². The zero-order valence-electron chi connectivity index (χ0n) is 10.00. The number of rotatable bonds is 2. The predicted octanol–water partition coefficient (Wildman–Crippen LogP) is 2.63. The first-order valence-electron chi connectivity index (χ1n) is 5.57. The number of hydrogen-bond donors (Lipinski definition) is 2. The summed E-state index contributed by atoms with van der Waals surface area (Å²) in [6.07, 6.45) is 0. The van der Waals surface area contributed by atoms with Crippen molar-refractivity contribution in [3.63, 3.8) is 0 Å². The average Bonchev–Trinajstić information content (AvgIpc) is 2.62. The van der Waals surface area contributed by atoms with Crippen molar-refractivity contribution in [3.05, 3.63) is 33.3 Å². The first-order valence-corrected chi connectivity index (χ1v) is 6.74. The van der Waals surface area contributed by atoms with Gasteiger partial charge in [-0.1, -0.05) is 17.7 Å². The largest absolute Gasteiger partial charge is 0.354 e. The molecule has 0 bridgehead atoms. The maximum Gasteiger partial charge on any atom is 0.256 e. The maximum absolute atomic E-state index is 11.8. The van der Waals surface area contributed by atoms with E-state index in [0.29, 0.717) is 11.0 Å². The highest BCUT2D eigenvalue weighted by Crippen LogP contribution is 2.28. The summed E-state index contributed by atoms with van der Waals surface area (Å²) in [5, 5.41) is 6.41. The third kappa shape index (κ3) is 2.84. The van der Waals surface area contributed by atoms with Gasteiger partial charge in [0.2, 0.25) is 0 Å². The van der Waals surface area contributed by atoms with Crippen LogP contribution < -0.4 is 10.6 Å². The number of halogens is 2. The molecule has 6 heteroatoms. The minimum Gasteiger partial charge on any atom is -0.354 e. The number of aliphatic imine (C=N–C) groups is 1. The van der Waals surface area contributed by atoms with Gasteiger partial charge >= 0.3 is 0 Å². The Bertz CT molecular complexity index is 516. The summed E-state index contributed by atoms with van der Waals surface area (Å²) in [5.74, 6) is 0.387. The van der Waals surface area contributed by atoms with Gasteiger partial charge in [0.1, 0.15) is 0 Å². The molecule has 0 aliphatic carbocycles. The fourth-order valence-electron chi connectivity index (χ4n) is 1.66. The monoisotopic (exact) mass is 329 g/mol. The second kappa shape index (κ2) is 5.28. The predicted molar refractivity (Wildman–Crippen MR) is 75.7 cm³/mol. The molecule has 0 spiro atoms. The Morgan fingerprint density at radius 3 is 2.83 bits per heavy atom. The van der Waals surface area contributed by atoms with Gasteiger partial charge in [0.05, 0.1) is 5.02 Å². The number of nitrogens with one attached hydrogen (secondary N) is 2. The van der Waals surface area contributed by atoms with E-state index in [9.17, 15) is 4.79 Å². The van der Waals surface area contributed by atoms with Gasteiger partial charge in [0, 0.05) is 10.5 Å². The summed E-state index contributed by atoms with van der Waals surface area (Å²) in [6.45, 7) is 3.97. The van der Waals surface area contributed by atoms with Crippen molar-refractivity contribution in [1.29, 1.82) is 0 Å².